The third-order valence-corrected chi connectivity index (χ3v) is 2.94. The molecule has 109 valence electrons. The van der Waals surface area contributed by atoms with Crippen molar-refractivity contribution in [2.75, 3.05) is 0 Å². The summed E-state index contributed by atoms with van der Waals surface area (Å²) in [6.45, 7) is 13.0. The molecule has 0 bridgehead atoms. The van der Waals surface area contributed by atoms with Crippen LogP contribution in [0.5, 0.6) is 0 Å². The Kier molecular flexibility index (Phi) is 15.7. The summed E-state index contributed by atoms with van der Waals surface area (Å²) in [5.41, 5.74) is 5.79. The zero-order chi connectivity index (χ0) is 14.7. The molecule has 0 saturated heterocycles. The molecule has 0 amide bonds. The molecule has 20 heavy (non-hydrogen) atoms. The second kappa shape index (κ2) is 14.0. The van der Waals surface area contributed by atoms with Crippen molar-refractivity contribution in [3.63, 3.8) is 0 Å². The van der Waals surface area contributed by atoms with Gasteiger partial charge in [-0.25, -0.2) is 23.3 Å². The summed E-state index contributed by atoms with van der Waals surface area (Å²) in [6, 6.07) is 0. The van der Waals surface area contributed by atoms with E-state index in [1.165, 1.54) is 35.1 Å². The van der Waals surface area contributed by atoms with E-state index >= 15 is 0 Å². The fourth-order valence-electron chi connectivity index (χ4n) is 1.79. The van der Waals surface area contributed by atoms with Gasteiger partial charge in [-0.2, -0.15) is 11.1 Å². The van der Waals surface area contributed by atoms with Gasteiger partial charge in [-0.3, -0.25) is 12.2 Å². The third kappa shape index (κ3) is 10.8. The maximum Gasteiger partial charge on any atom is 2.00 e. The van der Waals surface area contributed by atoms with Crippen LogP contribution in [0, 0.1) is 12.2 Å². The van der Waals surface area contributed by atoms with Gasteiger partial charge in [-0.1, -0.05) is 53.6 Å². The zero-order valence-corrected chi connectivity index (χ0v) is 17.7. The Labute approximate surface area is 148 Å². The van der Waals surface area contributed by atoms with Crippen LogP contribution in [-0.4, -0.2) is 9.52 Å². The van der Waals surface area contributed by atoms with Crippen LogP contribution in [-0.2, 0) is 26.2 Å². The molecular weight excluding hydrogens is 336 g/mol. The Balaban J connectivity index is 0. The molecule has 0 spiro atoms. The fourth-order valence-corrected chi connectivity index (χ4v) is 1.79. The summed E-state index contributed by atoms with van der Waals surface area (Å²) in [6.07, 6.45) is 15.3. The van der Waals surface area contributed by atoms with Gasteiger partial charge in [0.25, 0.3) is 0 Å². The van der Waals surface area contributed by atoms with E-state index in [2.05, 4.69) is 65.1 Å². The van der Waals surface area contributed by atoms with Crippen LogP contribution in [0.3, 0.4) is 0 Å². The van der Waals surface area contributed by atoms with Crippen LogP contribution in [0.4, 0.5) is 0 Å². The Bertz CT molecular complexity index is 337. The summed E-state index contributed by atoms with van der Waals surface area (Å²) in [4.78, 5) is 0. The standard InChI is InChI=1S/2C8H11.C2H7Si.Zr/c2*1-3-8-5-4-7(2)6-8;1-3-2;/h2*5H,3,6H2,1-2H3;3H,1-2H3;/q2*-1;;+2. The van der Waals surface area contributed by atoms with Gasteiger partial charge in [0, 0.05) is 9.52 Å². The number of hydrogen-bond donors (Lipinski definition) is 0. The van der Waals surface area contributed by atoms with Gasteiger partial charge >= 0.3 is 26.2 Å². The molecule has 0 aromatic carbocycles. The first kappa shape index (κ1) is 22.3. The van der Waals surface area contributed by atoms with Gasteiger partial charge < -0.3 is 0 Å². The van der Waals surface area contributed by atoms with Crippen molar-refractivity contribution in [2.24, 2.45) is 0 Å². The Morgan fingerprint density at radius 3 is 1.30 bits per heavy atom. The van der Waals surface area contributed by atoms with E-state index < -0.39 is 0 Å². The normalized spacial score (nSPS) is 15.5. The van der Waals surface area contributed by atoms with Gasteiger partial charge in [0.2, 0.25) is 0 Å². The Morgan fingerprint density at radius 2 is 1.20 bits per heavy atom. The predicted octanol–water partition coefficient (Wildman–Crippen LogP) is 5.47. The number of rotatable bonds is 2. The molecule has 0 N–H and O–H groups in total. The first-order chi connectivity index (χ1) is 9.07. The van der Waals surface area contributed by atoms with Crippen molar-refractivity contribution in [1.29, 1.82) is 0 Å². The Hall–Kier alpha value is 0.0600. The maximum absolute atomic E-state index is 3.18. The molecule has 0 fully saturated rings. The average molecular weight is 365 g/mol. The van der Waals surface area contributed by atoms with Gasteiger partial charge in [-0.15, -0.1) is 12.8 Å². The van der Waals surface area contributed by atoms with E-state index in [0.29, 0.717) is 0 Å². The molecule has 0 unspecified atom stereocenters. The topological polar surface area (TPSA) is 0 Å². The predicted molar refractivity (Wildman–Crippen MR) is 89.7 cm³/mol. The van der Waals surface area contributed by atoms with E-state index in [0.717, 1.165) is 22.4 Å². The summed E-state index contributed by atoms with van der Waals surface area (Å²) in [5, 5.41) is 0. The second-order valence-corrected chi connectivity index (χ2v) is 6.25. The van der Waals surface area contributed by atoms with Gasteiger partial charge in [0.15, 0.2) is 0 Å². The van der Waals surface area contributed by atoms with Crippen molar-refractivity contribution in [3.05, 3.63) is 46.6 Å². The van der Waals surface area contributed by atoms with Crippen molar-refractivity contribution in [3.8, 4) is 0 Å². The second-order valence-electron chi connectivity index (χ2n) is 5.09. The van der Waals surface area contributed by atoms with E-state index in [1.54, 1.807) is 0 Å². The van der Waals surface area contributed by atoms with E-state index in [4.69, 9.17) is 0 Å². The molecule has 2 heteroatoms. The number of hydrogen-bond acceptors (Lipinski definition) is 0. The molecule has 0 aromatic heterocycles. The third-order valence-electron chi connectivity index (χ3n) is 2.94. The van der Waals surface area contributed by atoms with Crippen molar-refractivity contribution in [2.45, 2.75) is 66.5 Å². The molecule has 1 radical (unpaired) electrons. The average Bonchev–Trinajstić information content (AvgIpc) is 2.99. The molecule has 0 heterocycles. The minimum absolute atomic E-state index is 0. The quantitative estimate of drug-likeness (QED) is 0.450. The molecule has 0 aromatic rings. The van der Waals surface area contributed by atoms with E-state index in [-0.39, 0.29) is 26.2 Å². The first-order valence-electron chi connectivity index (χ1n) is 7.34. The van der Waals surface area contributed by atoms with Crippen LogP contribution in [0.15, 0.2) is 34.4 Å². The van der Waals surface area contributed by atoms with Crippen LogP contribution in [0.2, 0.25) is 13.1 Å². The summed E-state index contributed by atoms with van der Waals surface area (Å²) >= 11 is 0. The molecule has 0 saturated carbocycles. The van der Waals surface area contributed by atoms with Gasteiger partial charge in [0.05, 0.1) is 0 Å². The van der Waals surface area contributed by atoms with Gasteiger partial charge in [0.1, 0.15) is 0 Å². The molecule has 2 rings (SSSR count). The van der Waals surface area contributed by atoms with Crippen LogP contribution in [0.25, 0.3) is 0 Å². The molecular formula is C18H29SiZr. The monoisotopic (exact) mass is 363 g/mol. The van der Waals surface area contributed by atoms with Gasteiger partial charge in [-0.05, 0) is 0 Å². The SMILES string of the molecule is CCC1=C[C-]=C(C)C1.CCC1=C[C-]=C(C)C1.C[SiH]C.[Zr+2]. The fraction of sp³-hybridized carbons (Fsp3) is 0.556. The molecule has 0 atom stereocenters. The summed E-state index contributed by atoms with van der Waals surface area (Å²) in [5.74, 6) is 0. The summed E-state index contributed by atoms with van der Waals surface area (Å²) in [7, 11) is 0.750. The minimum atomic E-state index is 0. The molecule has 2 aliphatic carbocycles. The van der Waals surface area contributed by atoms with Crippen LogP contribution in [0.1, 0.15) is 53.4 Å². The van der Waals surface area contributed by atoms with Crippen molar-refractivity contribution in [1.82, 2.24) is 0 Å². The maximum atomic E-state index is 3.18. The van der Waals surface area contributed by atoms with Crippen molar-refractivity contribution < 1.29 is 26.2 Å². The smallest absolute Gasteiger partial charge is 0.253 e. The summed E-state index contributed by atoms with van der Waals surface area (Å²) < 4.78 is 0. The van der Waals surface area contributed by atoms with Crippen LogP contribution >= 0.6 is 0 Å². The molecule has 0 aliphatic heterocycles. The largest absolute Gasteiger partial charge is 2.00 e. The van der Waals surface area contributed by atoms with E-state index in [9.17, 15) is 0 Å². The number of allylic oxidation sites excluding steroid dienone is 8. The first-order valence-corrected chi connectivity index (χ1v) is 9.65. The zero-order valence-electron chi connectivity index (χ0n) is 14.1. The molecule has 0 nitrogen and oxygen atoms in total. The minimum Gasteiger partial charge on any atom is -0.253 e. The van der Waals surface area contributed by atoms with Crippen molar-refractivity contribution >= 4 is 9.52 Å². The van der Waals surface area contributed by atoms with Crippen LogP contribution < -0.4 is 0 Å². The molecule has 2 aliphatic rings. The van der Waals surface area contributed by atoms with E-state index in [1.807, 2.05) is 0 Å². The Morgan fingerprint density at radius 1 is 0.900 bits per heavy atom.